The van der Waals surface area contributed by atoms with Crippen LogP contribution >= 0.6 is 23.2 Å². The molecule has 6 amide bonds. The van der Waals surface area contributed by atoms with Crippen molar-refractivity contribution >= 4 is 64.6 Å². The summed E-state index contributed by atoms with van der Waals surface area (Å²) >= 11 is 13.3. The van der Waals surface area contributed by atoms with Crippen LogP contribution in [0.1, 0.15) is 97.1 Å². The fourth-order valence-corrected chi connectivity index (χ4v) is 9.09. The van der Waals surface area contributed by atoms with Crippen molar-refractivity contribution in [2.75, 3.05) is 27.2 Å². The zero-order valence-electron chi connectivity index (χ0n) is 33.1. The van der Waals surface area contributed by atoms with Crippen molar-refractivity contribution in [2.24, 2.45) is 23.2 Å². The number of alkyl carbamates (subject to hydrolysis) is 1. The molecule has 16 heteroatoms. The summed E-state index contributed by atoms with van der Waals surface area (Å²) in [6.45, 7) is 6.61. The van der Waals surface area contributed by atoms with E-state index in [-0.39, 0.29) is 24.8 Å². The third-order valence-electron chi connectivity index (χ3n) is 11.7. The summed E-state index contributed by atoms with van der Waals surface area (Å²) in [6, 6.07) is 4.16. The molecule has 0 aromatic heterocycles. The van der Waals surface area contributed by atoms with Gasteiger partial charge in [0.25, 0.3) is 5.91 Å². The molecule has 1 unspecified atom stereocenters. The topological polar surface area (TPSA) is 183 Å². The lowest BCUT2D eigenvalue weighted by Crippen LogP contribution is -2.62. The van der Waals surface area contributed by atoms with Crippen molar-refractivity contribution in [3.8, 4) is 0 Å². The van der Waals surface area contributed by atoms with Gasteiger partial charge in [0, 0.05) is 32.5 Å². The molecule has 1 aromatic carbocycles. The van der Waals surface area contributed by atoms with Crippen LogP contribution < -0.4 is 21.3 Å². The molecule has 5 rings (SSSR count). The summed E-state index contributed by atoms with van der Waals surface area (Å²) in [5.41, 5.74) is -0.888. The molecule has 4 aliphatic rings. The van der Waals surface area contributed by atoms with Gasteiger partial charge >= 0.3 is 6.09 Å². The molecule has 14 nitrogen and oxygen atoms in total. The lowest BCUT2D eigenvalue weighted by Gasteiger charge is -2.43. The number of Topliss-reactive ketones (excluding diaryl/α,β-unsaturated/α-hetero) is 1. The molecule has 1 aromatic rings. The molecule has 1 heterocycles. The summed E-state index contributed by atoms with van der Waals surface area (Å²) < 4.78 is 4.26. The van der Waals surface area contributed by atoms with Gasteiger partial charge in [-0.25, -0.2) is 4.79 Å². The van der Waals surface area contributed by atoms with E-state index in [9.17, 15) is 33.6 Å². The fourth-order valence-electron chi connectivity index (χ4n) is 8.27. The zero-order chi connectivity index (χ0) is 41.2. The van der Waals surface area contributed by atoms with Gasteiger partial charge in [-0.2, -0.15) is 0 Å². The maximum absolute atomic E-state index is 14.6. The Labute approximate surface area is 338 Å². The van der Waals surface area contributed by atoms with Crippen LogP contribution in [0.3, 0.4) is 0 Å². The Balaban J connectivity index is 1.31. The number of alkyl halides is 2. The first kappa shape index (κ1) is 43.2. The van der Waals surface area contributed by atoms with Gasteiger partial charge in [0.2, 0.25) is 29.4 Å². The number of rotatable bonds is 14. The predicted octanol–water partition coefficient (Wildman–Crippen LogP) is 3.79. The van der Waals surface area contributed by atoms with Gasteiger partial charge < -0.3 is 35.8 Å². The van der Waals surface area contributed by atoms with Crippen molar-refractivity contribution < 1.29 is 38.3 Å². The Kier molecular flexibility index (Phi) is 13.3. The van der Waals surface area contributed by atoms with Crippen LogP contribution in [0.25, 0.3) is 0 Å². The molecule has 3 aliphatic carbocycles. The van der Waals surface area contributed by atoms with E-state index in [1.807, 2.05) is 6.92 Å². The van der Waals surface area contributed by atoms with Crippen molar-refractivity contribution in [2.45, 2.75) is 120 Å². The number of likely N-dealkylation sites (tertiary alicyclic amines) is 1. The number of ether oxygens (including phenoxy) is 1. The van der Waals surface area contributed by atoms with Gasteiger partial charge in [-0.15, -0.1) is 23.2 Å². The monoisotopic (exact) mass is 818 g/mol. The van der Waals surface area contributed by atoms with E-state index in [0.717, 1.165) is 38.5 Å². The second-order valence-corrected chi connectivity index (χ2v) is 18.8. The molecular formula is C40H56Cl2N6O8. The smallest absolute Gasteiger partial charge is 0.408 e. The number of likely N-dealkylation sites (N-methyl/N-ethyl adjacent to an activating group) is 1. The number of hydrogen-bond acceptors (Lipinski definition) is 8. The number of benzene rings is 1. The Morgan fingerprint density at radius 1 is 0.929 bits per heavy atom. The number of nitrogens with zero attached hydrogens (tertiary/aromatic N) is 2. The zero-order valence-corrected chi connectivity index (χ0v) is 34.6. The molecule has 6 atom stereocenters. The van der Waals surface area contributed by atoms with Gasteiger partial charge in [0.15, 0.2) is 0 Å². The molecular weight excluding hydrogens is 763 g/mol. The maximum atomic E-state index is 14.6. The van der Waals surface area contributed by atoms with Crippen molar-refractivity contribution in [1.29, 1.82) is 0 Å². The maximum Gasteiger partial charge on any atom is 0.408 e. The average Bonchev–Trinajstić information content (AvgIpc) is 3.41. The number of carbonyl (C=O) groups excluding carboxylic acids is 7. The quantitative estimate of drug-likeness (QED) is 0.162. The third kappa shape index (κ3) is 9.96. The lowest BCUT2D eigenvalue weighted by atomic mass is 9.70. The van der Waals surface area contributed by atoms with Crippen LogP contribution in [0.15, 0.2) is 30.3 Å². The molecule has 308 valence electrons. The standard InChI is InChI=1S/C40H56Cl2N6O8/c1-38(2,3)56-37(55)46-32(39(4)18-11-8-12-19-39)36(54)48-22-25-28(40(25,41)42)30(48)33(51)44-26(20-23-14-13-15-23)31(50)34(52)43-21-27(49)45-29(35(53)47(5)6)24-16-9-7-10-17-24/h7,9-10,16-17,23,25-26,28-30,32H,8,11-15,18-22H2,1-6H3,(H,43,52)(H,44,51)(H,45,49)(H,46,55)/t25-,26?,28-,29-,30-,32+/m0/s1. The summed E-state index contributed by atoms with van der Waals surface area (Å²) in [5, 5.41) is 10.6. The number of nitrogens with one attached hydrogen (secondary N) is 4. The first-order valence-electron chi connectivity index (χ1n) is 19.6. The molecule has 0 spiro atoms. The minimum absolute atomic E-state index is 0.0638. The van der Waals surface area contributed by atoms with E-state index >= 15 is 0 Å². The number of carbonyl (C=O) groups is 7. The van der Waals surface area contributed by atoms with Crippen molar-refractivity contribution in [3.63, 3.8) is 0 Å². The minimum atomic E-state index is -1.29. The molecule has 4 N–H and O–H groups in total. The van der Waals surface area contributed by atoms with Crippen LogP contribution in [-0.4, -0.2) is 106 Å². The first-order chi connectivity index (χ1) is 26.2. The Bertz CT molecular complexity index is 1670. The normalized spacial score (nSPS) is 23.9. The highest BCUT2D eigenvalue weighted by atomic mass is 35.5. The molecule has 0 bridgehead atoms. The highest BCUT2D eigenvalue weighted by Crippen LogP contribution is 2.65. The summed E-state index contributed by atoms with van der Waals surface area (Å²) in [5.74, 6) is -5.26. The van der Waals surface area contributed by atoms with Gasteiger partial charge in [-0.05, 0) is 56.9 Å². The van der Waals surface area contributed by atoms with E-state index in [4.69, 9.17) is 27.9 Å². The first-order valence-corrected chi connectivity index (χ1v) is 20.3. The minimum Gasteiger partial charge on any atom is -0.444 e. The SMILES string of the molecule is CN(C)C(=O)[C@@H](NC(=O)CNC(=O)C(=O)C(CC1CCC1)NC(=O)[C@@H]1[C@@H]2[C@H](CN1C(=O)[C@@H](NC(=O)OC(C)(C)C)C1(C)CCCCC1)C2(Cl)Cl)c1ccccc1. The molecule has 4 fully saturated rings. The van der Waals surface area contributed by atoms with Crippen molar-refractivity contribution in [3.05, 3.63) is 35.9 Å². The summed E-state index contributed by atoms with van der Waals surface area (Å²) in [7, 11) is 3.12. The Morgan fingerprint density at radius 2 is 1.57 bits per heavy atom. The number of halogens is 2. The lowest BCUT2D eigenvalue weighted by molar-refractivity contribution is -0.146. The van der Waals surface area contributed by atoms with Crippen LogP contribution in [-0.2, 0) is 33.5 Å². The van der Waals surface area contributed by atoms with E-state index in [1.165, 1.54) is 9.80 Å². The second-order valence-electron chi connectivity index (χ2n) is 17.3. The summed E-state index contributed by atoms with van der Waals surface area (Å²) in [6.07, 6.45) is 6.10. The van der Waals surface area contributed by atoms with E-state index in [1.54, 1.807) is 65.2 Å². The van der Waals surface area contributed by atoms with Crippen LogP contribution in [0.5, 0.6) is 0 Å². The van der Waals surface area contributed by atoms with E-state index in [2.05, 4.69) is 21.3 Å². The highest BCUT2D eigenvalue weighted by Gasteiger charge is 2.74. The molecule has 3 saturated carbocycles. The van der Waals surface area contributed by atoms with Gasteiger partial charge in [0.05, 0.1) is 12.6 Å². The van der Waals surface area contributed by atoms with E-state index in [0.29, 0.717) is 18.4 Å². The van der Waals surface area contributed by atoms with Crippen molar-refractivity contribution in [1.82, 2.24) is 31.1 Å². The number of amides is 6. The number of hydrogen-bond donors (Lipinski definition) is 4. The Morgan fingerprint density at radius 3 is 2.14 bits per heavy atom. The van der Waals surface area contributed by atoms with E-state index < -0.39 is 93.4 Å². The molecule has 1 saturated heterocycles. The Hall–Kier alpha value is -3.91. The van der Waals surface area contributed by atoms with Crippen LogP contribution in [0.4, 0.5) is 4.79 Å². The molecule has 1 aliphatic heterocycles. The van der Waals surface area contributed by atoms with Gasteiger partial charge in [-0.3, -0.25) is 28.8 Å². The number of piperidine rings is 1. The predicted molar refractivity (Wildman–Crippen MR) is 209 cm³/mol. The second kappa shape index (κ2) is 17.3. The van der Waals surface area contributed by atoms with Crippen LogP contribution in [0.2, 0.25) is 0 Å². The van der Waals surface area contributed by atoms with Gasteiger partial charge in [-0.1, -0.05) is 75.8 Å². The highest BCUT2D eigenvalue weighted by molar-refractivity contribution is 6.51. The molecule has 0 radical (unpaired) electrons. The summed E-state index contributed by atoms with van der Waals surface area (Å²) in [4.78, 5) is 97.7. The number of ketones is 1. The number of fused-ring (bicyclic) bond motifs is 1. The average molecular weight is 820 g/mol. The third-order valence-corrected chi connectivity index (χ3v) is 12.7. The fraction of sp³-hybridized carbons (Fsp3) is 0.675. The molecule has 56 heavy (non-hydrogen) atoms. The van der Waals surface area contributed by atoms with Gasteiger partial charge in [0.1, 0.15) is 28.1 Å². The van der Waals surface area contributed by atoms with Crippen LogP contribution in [0, 0.1) is 23.2 Å². The largest absolute Gasteiger partial charge is 0.444 e.